The largest absolute Gasteiger partial charge is 0.346 e. The summed E-state index contributed by atoms with van der Waals surface area (Å²) in [5.74, 6) is -0.0509. The molecule has 0 saturated carbocycles. The van der Waals surface area contributed by atoms with Crippen molar-refractivity contribution in [2.75, 3.05) is 13.5 Å². The number of nitrogens with zero attached hydrogens (tertiary/aromatic N) is 1. The lowest BCUT2D eigenvalue weighted by atomic mass is 10.4. The van der Waals surface area contributed by atoms with E-state index in [9.17, 15) is 4.79 Å². The summed E-state index contributed by atoms with van der Waals surface area (Å²) >= 11 is 0. The second kappa shape index (κ2) is 1.52. The van der Waals surface area contributed by atoms with Gasteiger partial charge in [-0.3, -0.25) is 4.79 Å². The van der Waals surface area contributed by atoms with E-state index >= 15 is 0 Å². The summed E-state index contributed by atoms with van der Waals surface area (Å²) in [6.45, 7) is -0.503. The number of amides is 1. The van der Waals surface area contributed by atoms with E-state index in [-0.39, 0.29) is 5.91 Å². The first-order chi connectivity index (χ1) is 4.22. The molecule has 0 atom stereocenters. The van der Waals surface area contributed by atoms with Crippen molar-refractivity contribution in [1.82, 2.24) is 4.90 Å². The zero-order chi connectivity index (χ0) is 6.85. The van der Waals surface area contributed by atoms with E-state index in [4.69, 9.17) is 2.74 Å². The summed E-state index contributed by atoms with van der Waals surface area (Å²) in [6, 6.07) is 0. The summed E-state index contributed by atoms with van der Waals surface area (Å²) in [7, 11) is 0. The molecule has 0 spiro atoms. The summed E-state index contributed by atoms with van der Waals surface area (Å²) < 4.78 is 13.8. The molecule has 1 aliphatic heterocycles. The predicted octanol–water partition coefficient (Wildman–Crippen LogP) is 0.239. The van der Waals surface area contributed by atoms with Crippen LogP contribution in [0, 0.1) is 0 Å². The van der Waals surface area contributed by atoms with Crippen LogP contribution in [0.1, 0.15) is 15.6 Å². The molecule has 1 rings (SSSR count). The van der Waals surface area contributed by atoms with Crippen LogP contribution in [-0.2, 0) is 4.79 Å². The number of carbonyl (C=O) groups is 1. The first-order valence-corrected chi connectivity index (χ1v) is 2.36. The third kappa shape index (κ3) is 0.734. The molecule has 0 aromatic carbocycles. The van der Waals surface area contributed by atoms with Gasteiger partial charge in [0.2, 0.25) is 5.91 Å². The van der Waals surface area contributed by atoms with Gasteiger partial charge in [-0.25, -0.2) is 0 Å². The molecule has 0 radical (unpaired) electrons. The van der Waals surface area contributed by atoms with Crippen LogP contribution >= 0.6 is 0 Å². The quantitative estimate of drug-likeness (QED) is 0.428. The average molecular weight is 101 g/mol. The highest BCUT2D eigenvalue weighted by molar-refractivity contribution is 5.77. The number of hydrogen-bond acceptors (Lipinski definition) is 1. The minimum Gasteiger partial charge on any atom is -0.346 e. The van der Waals surface area contributed by atoms with Crippen molar-refractivity contribution in [3.63, 3.8) is 0 Å². The zero-order valence-electron chi connectivity index (χ0n) is 6.05. The molecule has 0 aromatic heterocycles. The molecule has 0 aromatic rings. The Morgan fingerprint density at radius 1 is 2.00 bits per heavy atom. The average Bonchev–Trinajstić information content (AvgIpc) is 2.13. The zero-order valence-corrected chi connectivity index (χ0v) is 4.05. The molecule has 2 heteroatoms. The molecule has 40 valence electrons. The van der Waals surface area contributed by atoms with Gasteiger partial charge in [-0.05, 0) is 6.42 Å². The number of carbonyl (C=O) groups excluding carboxylic acids is 1. The standard InChI is InChI=1S/C5H9NO/c1-6-4-2-3-5(6)7/h2-4H2,1H3/i1D2. The summed E-state index contributed by atoms with van der Waals surface area (Å²) in [5.41, 5.74) is 0. The fourth-order valence-electron chi connectivity index (χ4n) is 0.669. The number of likely N-dealkylation sites (tertiary alicyclic amines) is 1. The lowest BCUT2D eigenvalue weighted by molar-refractivity contribution is -0.126. The highest BCUT2D eigenvalue weighted by atomic mass is 16.2. The van der Waals surface area contributed by atoms with Crippen LogP contribution in [0.4, 0.5) is 0 Å². The van der Waals surface area contributed by atoms with Gasteiger partial charge in [0.1, 0.15) is 0 Å². The van der Waals surface area contributed by atoms with E-state index in [1.165, 1.54) is 4.90 Å². The Kier molecular flexibility index (Phi) is 0.587. The molecule has 1 saturated heterocycles. The van der Waals surface area contributed by atoms with Crippen LogP contribution in [0.5, 0.6) is 0 Å². The van der Waals surface area contributed by atoms with Gasteiger partial charge in [-0.2, -0.15) is 0 Å². The van der Waals surface area contributed by atoms with Crippen LogP contribution in [0.3, 0.4) is 0 Å². The van der Waals surface area contributed by atoms with E-state index in [2.05, 4.69) is 0 Å². The van der Waals surface area contributed by atoms with E-state index in [0.717, 1.165) is 6.42 Å². The highest BCUT2D eigenvalue weighted by Gasteiger charge is 2.14. The van der Waals surface area contributed by atoms with Crippen molar-refractivity contribution >= 4 is 5.91 Å². The molecule has 0 N–H and O–H groups in total. The molecule has 1 heterocycles. The van der Waals surface area contributed by atoms with Crippen LogP contribution in [0.25, 0.3) is 0 Å². The lowest BCUT2D eigenvalue weighted by Gasteiger charge is -2.03. The Hall–Kier alpha value is -0.530. The van der Waals surface area contributed by atoms with Crippen molar-refractivity contribution in [3.05, 3.63) is 0 Å². The third-order valence-electron chi connectivity index (χ3n) is 1.11. The van der Waals surface area contributed by atoms with Crippen LogP contribution in [-0.4, -0.2) is 24.4 Å². The topological polar surface area (TPSA) is 20.3 Å². The lowest BCUT2D eigenvalue weighted by Crippen LogP contribution is -2.17. The normalized spacial score (nSPS) is 25.9. The maximum absolute atomic E-state index is 10.7. The van der Waals surface area contributed by atoms with Gasteiger partial charge in [0.05, 0.1) is 0 Å². The van der Waals surface area contributed by atoms with Gasteiger partial charge in [0.25, 0.3) is 0 Å². The van der Waals surface area contributed by atoms with Crippen LogP contribution < -0.4 is 0 Å². The Morgan fingerprint density at radius 2 is 2.86 bits per heavy atom. The number of hydrogen-bond donors (Lipinski definition) is 0. The van der Waals surface area contributed by atoms with Crippen molar-refractivity contribution in [3.8, 4) is 0 Å². The van der Waals surface area contributed by atoms with E-state index < -0.39 is 7.00 Å². The molecule has 1 aliphatic rings. The van der Waals surface area contributed by atoms with Gasteiger partial charge in [-0.15, -0.1) is 0 Å². The fraction of sp³-hybridized carbons (Fsp3) is 0.800. The Labute approximate surface area is 45.9 Å². The van der Waals surface area contributed by atoms with Gasteiger partial charge in [-0.1, -0.05) is 0 Å². The number of rotatable bonds is 0. The van der Waals surface area contributed by atoms with Crippen molar-refractivity contribution in [2.45, 2.75) is 12.8 Å². The van der Waals surface area contributed by atoms with Gasteiger partial charge in [0.15, 0.2) is 0 Å². The highest BCUT2D eigenvalue weighted by Crippen LogP contribution is 2.04. The molecule has 1 fully saturated rings. The summed E-state index contributed by atoms with van der Waals surface area (Å²) in [4.78, 5) is 12.0. The first-order valence-electron chi connectivity index (χ1n) is 3.51. The minimum atomic E-state index is -1.10. The molecule has 0 aliphatic carbocycles. The maximum atomic E-state index is 10.7. The Morgan fingerprint density at radius 3 is 3.14 bits per heavy atom. The van der Waals surface area contributed by atoms with Crippen LogP contribution in [0.2, 0.25) is 0 Å². The SMILES string of the molecule is [2H]C([2H])N1CCCC1=O. The summed E-state index contributed by atoms with van der Waals surface area (Å²) in [6.07, 6.45) is 1.33. The molecule has 2 nitrogen and oxygen atoms in total. The van der Waals surface area contributed by atoms with Crippen molar-refractivity contribution in [1.29, 1.82) is 0 Å². The van der Waals surface area contributed by atoms with Crippen molar-refractivity contribution in [2.24, 2.45) is 0 Å². The maximum Gasteiger partial charge on any atom is 0.222 e. The molecule has 0 bridgehead atoms. The predicted molar refractivity (Wildman–Crippen MR) is 26.9 cm³/mol. The molecule has 1 amide bonds. The fourth-order valence-corrected chi connectivity index (χ4v) is 0.669. The Balaban J connectivity index is 2.49. The third-order valence-corrected chi connectivity index (χ3v) is 1.11. The molecular weight excluding hydrogens is 90.1 g/mol. The van der Waals surface area contributed by atoms with E-state index in [1.54, 1.807) is 0 Å². The van der Waals surface area contributed by atoms with Gasteiger partial charge in [0, 0.05) is 22.7 Å². The van der Waals surface area contributed by atoms with Gasteiger partial charge < -0.3 is 4.90 Å². The van der Waals surface area contributed by atoms with E-state index in [1.807, 2.05) is 0 Å². The monoisotopic (exact) mass is 101 g/mol. The van der Waals surface area contributed by atoms with Gasteiger partial charge >= 0.3 is 0 Å². The summed E-state index contributed by atoms with van der Waals surface area (Å²) in [5, 5.41) is 0. The van der Waals surface area contributed by atoms with E-state index in [0.29, 0.717) is 13.0 Å². The van der Waals surface area contributed by atoms with Crippen LogP contribution in [0.15, 0.2) is 0 Å². The van der Waals surface area contributed by atoms with Crippen molar-refractivity contribution < 1.29 is 7.54 Å². The second-order valence-corrected chi connectivity index (χ2v) is 1.69. The Bertz CT molecular complexity index is 126. The minimum absolute atomic E-state index is 0.0509. The molecule has 7 heavy (non-hydrogen) atoms. The first kappa shape index (κ1) is 2.70. The second-order valence-electron chi connectivity index (χ2n) is 1.69. The smallest absolute Gasteiger partial charge is 0.222 e. The molecular formula is C5H9NO. The molecule has 0 unspecified atom stereocenters.